The van der Waals surface area contributed by atoms with Crippen molar-refractivity contribution < 1.29 is 24.1 Å². The van der Waals surface area contributed by atoms with Gasteiger partial charge in [0.25, 0.3) is 0 Å². The van der Waals surface area contributed by atoms with Gasteiger partial charge in [-0.2, -0.15) is 0 Å². The number of thioether (sulfide) groups is 1. The fourth-order valence-corrected chi connectivity index (χ4v) is 3.81. The molecule has 0 saturated heterocycles. The van der Waals surface area contributed by atoms with E-state index >= 15 is 0 Å². The first-order valence-electron chi connectivity index (χ1n) is 9.54. The van der Waals surface area contributed by atoms with Crippen LogP contribution in [-0.4, -0.2) is 46.6 Å². The summed E-state index contributed by atoms with van der Waals surface area (Å²) in [4.78, 5) is 16.4. The van der Waals surface area contributed by atoms with E-state index in [0.29, 0.717) is 34.2 Å². The van der Waals surface area contributed by atoms with Gasteiger partial charge in [-0.05, 0) is 62.0 Å². The molecule has 3 aromatic rings. The lowest BCUT2D eigenvalue weighted by Crippen LogP contribution is -2.07. The molecule has 0 amide bonds. The fraction of sp³-hybridized carbons (Fsp3) is 0.227. The molecule has 0 aliphatic carbocycles. The summed E-state index contributed by atoms with van der Waals surface area (Å²) in [6.07, 6.45) is 1.49. The lowest BCUT2D eigenvalue weighted by atomic mass is 10.2. The van der Waals surface area contributed by atoms with Crippen LogP contribution in [0.3, 0.4) is 0 Å². The molecule has 10 heteroatoms. The van der Waals surface area contributed by atoms with Crippen LogP contribution in [0.4, 0.5) is 0 Å². The maximum Gasteiger partial charge on any atom is 0.342 e. The number of ether oxygens (including phenoxy) is 3. The summed E-state index contributed by atoms with van der Waals surface area (Å²) in [6.45, 7) is 3.82. The minimum absolute atomic E-state index is 0.0467. The van der Waals surface area contributed by atoms with Gasteiger partial charge in [0.2, 0.25) is 5.16 Å². The van der Waals surface area contributed by atoms with Crippen molar-refractivity contribution in [2.45, 2.75) is 25.1 Å². The third-order valence-corrected chi connectivity index (χ3v) is 5.49. The summed E-state index contributed by atoms with van der Waals surface area (Å²) < 4.78 is 17.2. The lowest BCUT2D eigenvalue weighted by molar-refractivity contribution is -0.131. The number of carboxylic acid groups (broad SMARTS) is 1. The Morgan fingerprint density at radius 3 is 2.44 bits per heavy atom. The van der Waals surface area contributed by atoms with Crippen LogP contribution in [0.5, 0.6) is 17.2 Å². The molecular formula is C22H22BrN3O5S. The Morgan fingerprint density at radius 1 is 1.16 bits per heavy atom. The summed E-state index contributed by atoms with van der Waals surface area (Å²) in [5, 5.41) is 17.0. The molecule has 168 valence electrons. The largest absolute Gasteiger partial charge is 0.497 e. The van der Waals surface area contributed by atoms with Crippen molar-refractivity contribution in [3.05, 3.63) is 51.3 Å². The van der Waals surface area contributed by atoms with Crippen LogP contribution in [0.1, 0.15) is 19.4 Å². The minimum atomic E-state index is -1.10. The molecule has 0 spiro atoms. The molecule has 0 saturated carbocycles. The van der Waals surface area contributed by atoms with Gasteiger partial charge in [-0.3, -0.25) is 5.10 Å². The van der Waals surface area contributed by atoms with Crippen LogP contribution < -0.4 is 14.2 Å². The number of nitrogens with zero attached hydrogens (tertiary/aromatic N) is 2. The smallest absolute Gasteiger partial charge is 0.342 e. The lowest BCUT2D eigenvalue weighted by Gasteiger charge is -2.13. The van der Waals surface area contributed by atoms with E-state index in [4.69, 9.17) is 14.2 Å². The molecule has 1 heterocycles. The van der Waals surface area contributed by atoms with E-state index in [-0.39, 0.29) is 16.2 Å². The zero-order chi connectivity index (χ0) is 23.3. The Labute approximate surface area is 198 Å². The molecule has 32 heavy (non-hydrogen) atoms. The molecule has 0 bridgehead atoms. The van der Waals surface area contributed by atoms with E-state index in [9.17, 15) is 9.90 Å². The average Bonchev–Trinajstić information content (AvgIpc) is 3.23. The molecule has 8 nitrogen and oxygen atoms in total. The zero-order valence-electron chi connectivity index (χ0n) is 17.9. The van der Waals surface area contributed by atoms with E-state index in [1.165, 1.54) is 0 Å². The van der Waals surface area contributed by atoms with Crippen molar-refractivity contribution in [3.8, 4) is 28.6 Å². The first kappa shape index (κ1) is 23.7. The van der Waals surface area contributed by atoms with Gasteiger partial charge in [-0.15, -0.1) is 5.10 Å². The van der Waals surface area contributed by atoms with Crippen LogP contribution in [-0.2, 0) is 4.79 Å². The number of benzene rings is 2. The highest BCUT2D eigenvalue weighted by Gasteiger charge is 2.17. The number of aliphatic carboxylic acids is 1. The molecule has 0 unspecified atom stereocenters. The molecule has 2 N–H and O–H groups in total. The third kappa shape index (κ3) is 6.04. The van der Waals surface area contributed by atoms with Crippen molar-refractivity contribution in [3.63, 3.8) is 0 Å². The van der Waals surface area contributed by atoms with Gasteiger partial charge in [0.1, 0.15) is 22.2 Å². The predicted molar refractivity (Wildman–Crippen MR) is 126 cm³/mol. The second kappa shape index (κ2) is 10.6. The van der Waals surface area contributed by atoms with Gasteiger partial charge in [0, 0.05) is 21.7 Å². The van der Waals surface area contributed by atoms with Gasteiger partial charge in [0.15, 0.2) is 5.82 Å². The van der Waals surface area contributed by atoms with Gasteiger partial charge in [0.05, 0.1) is 20.3 Å². The molecule has 0 fully saturated rings. The number of methoxy groups -OCH3 is 2. The number of aromatic nitrogens is 3. The third-order valence-electron chi connectivity index (χ3n) is 4.12. The number of nitrogens with one attached hydrogen (secondary N) is 1. The SMILES string of the molecule is COc1cc(OC)cc(-c2nc(S/C(=C/c3cc(Br)ccc3OC(C)C)C(=O)O)n[nH]2)c1. The van der Waals surface area contributed by atoms with Crippen LogP contribution in [0, 0.1) is 0 Å². The Bertz CT molecular complexity index is 1120. The molecule has 2 aromatic carbocycles. The molecule has 0 radical (unpaired) electrons. The Balaban J connectivity index is 1.92. The molecular weight excluding hydrogens is 498 g/mol. The summed E-state index contributed by atoms with van der Waals surface area (Å²) >= 11 is 4.36. The van der Waals surface area contributed by atoms with Gasteiger partial charge >= 0.3 is 5.97 Å². The highest BCUT2D eigenvalue weighted by Crippen LogP contribution is 2.33. The van der Waals surface area contributed by atoms with Crippen LogP contribution >= 0.6 is 27.7 Å². The molecule has 3 rings (SSSR count). The second-order valence-corrected chi connectivity index (χ2v) is 8.76. The van der Waals surface area contributed by atoms with Crippen LogP contribution in [0.2, 0.25) is 0 Å². The normalized spacial score (nSPS) is 11.5. The monoisotopic (exact) mass is 519 g/mol. The maximum absolute atomic E-state index is 11.9. The van der Waals surface area contributed by atoms with E-state index in [2.05, 4.69) is 31.1 Å². The first-order valence-corrected chi connectivity index (χ1v) is 11.1. The minimum Gasteiger partial charge on any atom is -0.497 e. The number of aromatic amines is 1. The molecule has 0 atom stereocenters. The van der Waals surface area contributed by atoms with Crippen molar-refractivity contribution >= 4 is 39.7 Å². The summed E-state index contributed by atoms with van der Waals surface area (Å²) in [6, 6.07) is 10.7. The average molecular weight is 520 g/mol. The molecule has 0 aliphatic heterocycles. The maximum atomic E-state index is 11.9. The van der Waals surface area contributed by atoms with Crippen LogP contribution in [0.25, 0.3) is 17.5 Å². The number of H-pyrrole nitrogens is 1. The fourth-order valence-electron chi connectivity index (χ4n) is 2.73. The van der Waals surface area contributed by atoms with Crippen molar-refractivity contribution in [2.24, 2.45) is 0 Å². The van der Waals surface area contributed by atoms with E-state index < -0.39 is 5.97 Å². The summed E-state index contributed by atoms with van der Waals surface area (Å²) in [7, 11) is 3.12. The number of carboxylic acids is 1. The zero-order valence-corrected chi connectivity index (χ0v) is 20.3. The first-order chi connectivity index (χ1) is 15.3. The number of rotatable bonds is 9. The standard InChI is InChI=1S/C22H22BrN3O5S/c1-12(2)31-18-6-5-15(23)7-13(18)10-19(21(27)28)32-22-24-20(25-26-22)14-8-16(29-3)11-17(9-14)30-4/h5-12H,1-4H3,(H,27,28)(H,24,25,26)/b19-10+. The number of hydrogen-bond acceptors (Lipinski definition) is 7. The van der Waals surface area contributed by atoms with E-state index in [1.807, 2.05) is 19.9 Å². The quantitative estimate of drug-likeness (QED) is 0.291. The van der Waals surface area contributed by atoms with E-state index in [1.54, 1.807) is 50.6 Å². The second-order valence-electron chi connectivity index (χ2n) is 6.83. The van der Waals surface area contributed by atoms with Crippen molar-refractivity contribution in [1.82, 2.24) is 15.2 Å². The van der Waals surface area contributed by atoms with Crippen LogP contribution in [0.15, 0.2) is 50.9 Å². The highest BCUT2D eigenvalue weighted by atomic mass is 79.9. The van der Waals surface area contributed by atoms with Crippen molar-refractivity contribution in [1.29, 1.82) is 0 Å². The molecule has 1 aromatic heterocycles. The van der Waals surface area contributed by atoms with Gasteiger partial charge < -0.3 is 19.3 Å². The number of carbonyl (C=O) groups is 1. The summed E-state index contributed by atoms with van der Waals surface area (Å²) in [5.41, 5.74) is 1.33. The topological polar surface area (TPSA) is 107 Å². The highest BCUT2D eigenvalue weighted by molar-refractivity contribution is 9.10. The van der Waals surface area contributed by atoms with Gasteiger partial charge in [-0.25, -0.2) is 9.78 Å². The molecule has 0 aliphatic rings. The van der Waals surface area contributed by atoms with Gasteiger partial charge in [-0.1, -0.05) is 15.9 Å². The Hall–Kier alpha value is -2.98. The Kier molecular flexibility index (Phi) is 7.81. The van der Waals surface area contributed by atoms with Crippen molar-refractivity contribution in [2.75, 3.05) is 14.2 Å². The Morgan fingerprint density at radius 2 is 1.84 bits per heavy atom. The number of hydrogen-bond donors (Lipinski definition) is 2. The number of halogens is 1. The predicted octanol–water partition coefficient (Wildman–Crippen LogP) is 5.26. The van der Waals surface area contributed by atoms with E-state index in [0.717, 1.165) is 16.2 Å². The summed E-state index contributed by atoms with van der Waals surface area (Å²) in [5.74, 6) is 1.15.